The summed E-state index contributed by atoms with van der Waals surface area (Å²) in [7, 11) is 3.45. The van der Waals surface area contributed by atoms with Crippen molar-refractivity contribution < 1.29 is 4.74 Å². The van der Waals surface area contributed by atoms with Crippen LogP contribution in [0, 0.1) is 5.92 Å². The van der Waals surface area contributed by atoms with Gasteiger partial charge in [-0.3, -0.25) is 4.99 Å². The fourth-order valence-corrected chi connectivity index (χ4v) is 3.28. The van der Waals surface area contributed by atoms with Gasteiger partial charge in [0.15, 0.2) is 5.96 Å². The van der Waals surface area contributed by atoms with E-state index in [1.807, 2.05) is 30.5 Å². The molecule has 0 radical (unpaired) electrons. The van der Waals surface area contributed by atoms with E-state index in [9.17, 15) is 0 Å². The van der Waals surface area contributed by atoms with Crippen LogP contribution in [0.15, 0.2) is 47.6 Å². The lowest BCUT2D eigenvalue weighted by Gasteiger charge is -2.31. The van der Waals surface area contributed by atoms with Crippen LogP contribution >= 0.6 is 0 Å². The largest absolute Gasteiger partial charge is 0.497 e. The van der Waals surface area contributed by atoms with Crippen LogP contribution < -0.4 is 20.3 Å². The normalized spacial score (nSPS) is 15.4. The molecule has 1 saturated heterocycles. The molecule has 0 aliphatic carbocycles. The molecule has 1 aromatic heterocycles. The zero-order valence-corrected chi connectivity index (χ0v) is 17.1. The number of nitrogens with one attached hydrogen (secondary N) is 2. The molecule has 2 aromatic rings. The first-order valence-corrected chi connectivity index (χ1v) is 9.95. The minimum absolute atomic E-state index is 0.687. The fourth-order valence-electron chi connectivity index (χ4n) is 3.28. The molecule has 1 aliphatic rings. The first-order valence-electron chi connectivity index (χ1n) is 9.95. The summed E-state index contributed by atoms with van der Waals surface area (Å²) in [6, 6.07) is 12.3. The summed E-state index contributed by atoms with van der Waals surface area (Å²) in [5.41, 5.74) is 2.31. The lowest BCUT2D eigenvalue weighted by Crippen LogP contribution is -2.36. The Hall–Kier alpha value is -2.76. The SMILES string of the molecule is CN=C(NCc1ccc(OC)cc1)NCc1ccc(N2CCC(C)CC2)nc1. The summed E-state index contributed by atoms with van der Waals surface area (Å²) < 4.78 is 5.19. The Morgan fingerprint density at radius 2 is 1.71 bits per heavy atom. The van der Waals surface area contributed by atoms with E-state index < -0.39 is 0 Å². The van der Waals surface area contributed by atoms with Gasteiger partial charge in [0.1, 0.15) is 11.6 Å². The van der Waals surface area contributed by atoms with Crippen molar-refractivity contribution in [3.05, 3.63) is 53.7 Å². The molecule has 0 bridgehead atoms. The molecular formula is C22H31N5O. The van der Waals surface area contributed by atoms with Crippen molar-refractivity contribution in [3.8, 4) is 5.75 Å². The summed E-state index contributed by atoms with van der Waals surface area (Å²) in [4.78, 5) is 11.3. The molecule has 2 N–H and O–H groups in total. The number of methoxy groups -OCH3 is 1. The van der Waals surface area contributed by atoms with Gasteiger partial charge in [0, 0.05) is 39.4 Å². The van der Waals surface area contributed by atoms with Gasteiger partial charge in [0.2, 0.25) is 0 Å². The standard InChI is InChI=1S/C22H31N5O/c1-17-10-12-27(13-11-17)21-9-6-19(15-24-21)16-26-22(23-2)25-14-18-4-7-20(28-3)8-5-18/h4-9,15,17H,10-14,16H2,1-3H3,(H2,23,25,26). The van der Waals surface area contributed by atoms with Crippen molar-refractivity contribution >= 4 is 11.8 Å². The number of hydrogen-bond acceptors (Lipinski definition) is 4. The van der Waals surface area contributed by atoms with Crippen molar-refractivity contribution in [2.45, 2.75) is 32.9 Å². The summed E-state index contributed by atoms with van der Waals surface area (Å²) in [5.74, 6) is 3.54. The van der Waals surface area contributed by atoms with E-state index in [0.717, 1.165) is 42.1 Å². The molecule has 6 heteroatoms. The Morgan fingerprint density at radius 3 is 2.29 bits per heavy atom. The molecule has 0 unspecified atom stereocenters. The number of guanidine groups is 1. The van der Waals surface area contributed by atoms with E-state index in [1.54, 1.807) is 14.2 Å². The highest BCUT2D eigenvalue weighted by atomic mass is 16.5. The fraction of sp³-hybridized carbons (Fsp3) is 0.455. The topological polar surface area (TPSA) is 61.8 Å². The molecular weight excluding hydrogens is 350 g/mol. The highest BCUT2D eigenvalue weighted by molar-refractivity contribution is 5.79. The monoisotopic (exact) mass is 381 g/mol. The second-order valence-electron chi connectivity index (χ2n) is 7.32. The summed E-state index contributed by atoms with van der Waals surface area (Å²) in [6.45, 7) is 5.93. The molecule has 3 rings (SSSR count). The Kier molecular flexibility index (Phi) is 7.12. The average Bonchev–Trinajstić information content (AvgIpc) is 2.75. The zero-order chi connectivity index (χ0) is 19.8. The molecule has 150 valence electrons. The minimum Gasteiger partial charge on any atom is -0.497 e. The van der Waals surface area contributed by atoms with Crippen molar-refractivity contribution in [3.63, 3.8) is 0 Å². The number of nitrogens with zero attached hydrogens (tertiary/aromatic N) is 3. The van der Waals surface area contributed by atoms with Crippen LogP contribution in [0.3, 0.4) is 0 Å². The molecule has 6 nitrogen and oxygen atoms in total. The van der Waals surface area contributed by atoms with E-state index in [-0.39, 0.29) is 0 Å². The smallest absolute Gasteiger partial charge is 0.191 e. The quantitative estimate of drug-likeness (QED) is 0.594. The van der Waals surface area contributed by atoms with E-state index >= 15 is 0 Å². The minimum atomic E-state index is 0.687. The van der Waals surface area contributed by atoms with Crippen molar-refractivity contribution in [2.75, 3.05) is 32.1 Å². The summed E-state index contributed by atoms with van der Waals surface area (Å²) in [6.07, 6.45) is 4.46. The number of rotatable bonds is 6. The maximum absolute atomic E-state index is 5.19. The van der Waals surface area contributed by atoms with Crippen LogP contribution in [-0.4, -0.2) is 38.2 Å². The third kappa shape index (κ3) is 5.62. The Bertz CT molecular complexity index is 750. The van der Waals surface area contributed by atoms with Crippen LogP contribution in [-0.2, 0) is 13.1 Å². The van der Waals surface area contributed by atoms with Crippen molar-refractivity contribution in [1.29, 1.82) is 0 Å². The molecule has 0 spiro atoms. The molecule has 0 amide bonds. The molecule has 28 heavy (non-hydrogen) atoms. The Labute approximate surface area is 168 Å². The predicted molar refractivity (Wildman–Crippen MR) is 115 cm³/mol. The van der Waals surface area contributed by atoms with Gasteiger partial charge in [-0.05, 0) is 48.1 Å². The molecule has 2 heterocycles. The van der Waals surface area contributed by atoms with Crippen LogP contribution in [0.1, 0.15) is 30.9 Å². The third-order valence-electron chi connectivity index (χ3n) is 5.22. The number of pyridine rings is 1. The van der Waals surface area contributed by atoms with Crippen molar-refractivity contribution in [1.82, 2.24) is 15.6 Å². The third-order valence-corrected chi connectivity index (χ3v) is 5.22. The highest BCUT2D eigenvalue weighted by Crippen LogP contribution is 2.21. The Balaban J connectivity index is 1.46. The summed E-state index contributed by atoms with van der Waals surface area (Å²) >= 11 is 0. The maximum Gasteiger partial charge on any atom is 0.191 e. The average molecular weight is 382 g/mol. The maximum atomic E-state index is 5.19. The van der Waals surface area contributed by atoms with Crippen molar-refractivity contribution in [2.24, 2.45) is 10.9 Å². The number of aromatic nitrogens is 1. The van der Waals surface area contributed by atoms with Gasteiger partial charge in [-0.2, -0.15) is 0 Å². The number of hydrogen-bond donors (Lipinski definition) is 2. The predicted octanol–water partition coefficient (Wildman–Crippen LogP) is 3.19. The number of benzene rings is 1. The van der Waals surface area contributed by atoms with Gasteiger partial charge in [-0.1, -0.05) is 25.1 Å². The number of aliphatic imine (C=N–C) groups is 1. The lowest BCUT2D eigenvalue weighted by atomic mass is 9.99. The van der Waals surface area contributed by atoms with Gasteiger partial charge < -0.3 is 20.3 Å². The van der Waals surface area contributed by atoms with Gasteiger partial charge >= 0.3 is 0 Å². The van der Waals surface area contributed by atoms with Gasteiger partial charge in [0.25, 0.3) is 0 Å². The van der Waals surface area contributed by atoms with Crippen LogP contribution in [0.2, 0.25) is 0 Å². The van der Waals surface area contributed by atoms with Gasteiger partial charge in [0.05, 0.1) is 7.11 Å². The van der Waals surface area contributed by atoms with E-state index in [2.05, 4.69) is 44.6 Å². The second-order valence-corrected chi connectivity index (χ2v) is 7.32. The number of anilines is 1. The molecule has 1 aromatic carbocycles. The van der Waals surface area contributed by atoms with E-state index in [1.165, 1.54) is 18.4 Å². The molecule has 0 saturated carbocycles. The number of piperidine rings is 1. The van der Waals surface area contributed by atoms with Crippen LogP contribution in [0.4, 0.5) is 5.82 Å². The molecule has 1 aliphatic heterocycles. The summed E-state index contributed by atoms with van der Waals surface area (Å²) in [5, 5.41) is 6.67. The molecule has 1 fully saturated rings. The van der Waals surface area contributed by atoms with Gasteiger partial charge in [-0.15, -0.1) is 0 Å². The second kappa shape index (κ2) is 9.97. The Morgan fingerprint density at radius 1 is 1.07 bits per heavy atom. The van der Waals surface area contributed by atoms with Crippen LogP contribution in [0.5, 0.6) is 5.75 Å². The lowest BCUT2D eigenvalue weighted by molar-refractivity contribution is 0.414. The number of ether oxygens (including phenoxy) is 1. The zero-order valence-electron chi connectivity index (χ0n) is 17.1. The first kappa shape index (κ1) is 20.0. The van der Waals surface area contributed by atoms with Gasteiger partial charge in [-0.25, -0.2) is 4.98 Å². The van der Waals surface area contributed by atoms with E-state index in [0.29, 0.717) is 13.1 Å². The van der Waals surface area contributed by atoms with Crippen LogP contribution in [0.25, 0.3) is 0 Å². The first-order chi connectivity index (χ1) is 13.7. The van der Waals surface area contributed by atoms with E-state index in [4.69, 9.17) is 4.74 Å². The molecule has 0 atom stereocenters. The highest BCUT2D eigenvalue weighted by Gasteiger charge is 2.16.